The van der Waals surface area contributed by atoms with Gasteiger partial charge in [-0.1, -0.05) is 23.7 Å². The van der Waals surface area contributed by atoms with Gasteiger partial charge in [0.15, 0.2) is 6.10 Å². The van der Waals surface area contributed by atoms with Crippen LogP contribution < -0.4 is 24.4 Å². The third-order valence-electron chi connectivity index (χ3n) is 4.12. The fourth-order valence-electron chi connectivity index (χ4n) is 2.81. The smallest absolute Gasteiger partial charge is 0.268 e. The van der Waals surface area contributed by atoms with Gasteiger partial charge in [-0.2, -0.15) is 0 Å². The maximum absolute atomic E-state index is 12.6. The molecule has 0 spiro atoms. The van der Waals surface area contributed by atoms with Gasteiger partial charge in [0.2, 0.25) is 5.91 Å². The lowest BCUT2D eigenvalue weighted by Gasteiger charge is -2.32. The van der Waals surface area contributed by atoms with Gasteiger partial charge in [0, 0.05) is 12.1 Å². The zero-order valence-electron chi connectivity index (χ0n) is 15.1. The van der Waals surface area contributed by atoms with Gasteiger partial charge >= 0.3 is 0 Å². The Kier molecular flexibility index (Phi) is 5.41. The average molecular weight is 391 g/mol. The van der Waals surface area contributed by atoms with Crippen molar-refractivity contribution in [1.82, 2.24) is 0 Å². The molecule has 0 aromatic heterocycles. The standard InChI is InChI=1S/C19H19ClN2O5/c1-11-19(24)22(14-6-4-5-7-15(14)27-11)10-18(23)21-13-9-16(25-2)12(20)8-17(13)26-3/h4-9,11H,10H2,1-3H3,(H,21,23)/t11-/m1/s1. The zero-order valence-corrected chi connectivity index (χ0v) is 15.9. The van der Waals surface area contributed by atoms with Crippen molar-refractivity contribution >= 4 is 34.8 Å². The lowest BCUT2D eigenvalue weighted by Crippen LogP contribution is -2.47. The van der Waals surface area contributed by atoms with Gasteiger partial charge in [-0.15, -0.1) is 0 Å². The molecule has 1 atom stereocenters. The van der Waals surface area contributed by atoms with Gasteiger partial charge < -0.3 is 19.5 Å². The summed E-state index contributed by atoms with van der Waals surface area (Å²) >= 11 is 6.08. The number of para-hydroxylation sites is 2. The van der Waals surface area contributed by atoms with E-state index >= 15 is 0 Å². The first-order valence-electron chi connectivity index (χ1n) is 8.23. The third-order valence-corrected chi connectivity index (χ3v) is 4.42. The Hall–Kier alpha value is -2.93. The molecule has 3 rings (SSSR count). The number of carbonyl (C=O) groups excluding carboxylic acids is 2. The molecule has 0 fully saturated rings. The monoisotopic (exact) mass is 390 g/mol. The predicted molar refractivity (Wildman–Crippen MR) is 102 cm³/mol. The molecular weight excluding hydrogens is 372 g/mol. The molecule has 0 aliphatic carbocycles. The summed E-state index contributed by atoms with van der Waals surface area (Å²) in [5, 5.41) is 3.10. The van der Waals surface area contributed by atoms with Crippen molar-refractivity contribution in [3.05, 3.63) is 41.4 Å². The normalized spacial score (nSPS) is 15.6. The van der Waals surface area contributed by atoms with Crippen LogP contribution in [0.4, 0.5) is 11.4 Å². The lowest BCUT2D eigenvalue weighted by molar-refractivity contribution is -0.127. The Labute approximate surface area is 161 Å². The molecule has 0 bridgehead atoms. The summed E-state index contributed by atoms with van der Waals surface area (Å²) in [6.45, 7) is 1.48. The zero-order chi connectivity index (χ0) is 19.6. The van der Waals surface area contributed by atoms with Crippen LogP contribution in [-0.2, 0) is 9.59 Å². The van der Waals surface area contributed by atoms with E-state index in [1.165, 1.54) is 19.1 Å². The van der Waals surface area contributed by atoms with E-state index < -0.39 is 12.0 Å². The number of hydrogen-bond donors (Lipinski definition) is 1. The van der Waals surface area contributed by atoms with Crippen LogP contribution >= 0.6 is 11.6 Å². The van der Waals surface area contributed by atoms with Crippen molar-refractivity contribution in [3.63, 3.8) is 0 Å². The molecule has 0 saturated carbocycles. The van der Waals surface area contributed by atoms with Gasteiger partial charge in [0.25, 0.3) is 5.91 Å². The van der Waals surface area contributed by atoms with Crippen molar-refractivity contribution in [2.24, 2.45) is 0 Å². The predicted octanol–water partition coefficient (Wildman–Crippen LogP) is 3.11. The second-order valence-corrected chi connectivity index (χ2v) is 6.29. The van der Waals surface area contributed by atoms with E-state index in [9.17, 15) is 9.59 Å². The minimum absolute atomic E-state index is 0.169. The summed E-state index contributed by atoms with van der Waals surface area (Å²) in [5.74, 6) is 0.660. The molecule has 2 amide bonds. The molecule has 0 unspecified atom stereocenters. The first kappa shape index (κ1) is 18.8. The Bertz CT molecular complexity index is 886. The second kappa shape index (κ2) is 7.75. The van der Waals surface area contributed by atoms with E-state index in [-0.39, 0.29) is 12.5 Å². The Morgan fingerprint density at radius 2 is 1.93 bits per heavy atom. The van der Waals surface area contributed by atoms with Crippen molar-refractivity contribution in [3.8, 4) is 17.2 Å². The number of hydrogen-bond acceptors (Lipinski definition) is 5. The van der Waals surface area contributed by atoms with Crippen molar-refractivity contribution < 1.29 is 23.8 Å². The Morgan fingerprint density at radius 3 is 2.63 bits per heavy atom. The van der Waals surface area contributed by atoms with E-state index in [0.29, 0.717) is 33.6 Å². The molecule has 8 heteroatoms. The molecule has 1 aliphatic heterocycles. The van der Waals surface area contributed by atoms with E-state index in [1.807, 2.05) is 6.07 Å². The number of halogens is 1. The summed E-state index contributed by atoms with van der Waals surface area (Å²) < 4.78 is 16.0. The van der Waals surface area contributed by atoms with Gasteiger partial charge in [0.1, 0.15) is 23.8 Å². The Balaban J connectivity index is 1.83. The number of nitrogens with zero attached hydrogens (tertiary/aromatic N) is 1. The molecule has 142 valence electrons. The quantitative estimate of drug-likeness (QED) is 0.848. The number of fused-ring (bicyclic) bond motifs is 1. The summed E-state index contributed by atoms with van der Waals surface area (Å²) in [5.41, 5.74) is 0.946. The fourth-order valence-corrected chi connectivity index (χ4v) is 3.04. The van der Waals surface area contributed by atoms with Gasteiger partial charge in [-0.25, -0.2) is 0 Å². The van der Waals surface area contributed by atoms with Crippen LogP contribution in [0.3, 0.4) is 0 Å². The fraction of sp³-hybridized carbons (Fsp3) is 0.263. The summed E-state index contributed by atoms with van der Waals surface area (Å²) in [7, 11) is 2.95. The van der Waals surface area contributed by atoms with Crippen LogP contribution in [0, 0.1) is 0 Å². The number of methoxy groups -OCH3 is 2. The SMILES string of the molecule is COc1cc(NC(=O)CN2C(=O)[C@@H](C)Oc3ccccc32)c(OC)cc1Cl. The highest BCUT2D eigenvalue weighted by atomic mass is 35.5. The lowest BCUT2D eigenvalue weighted by atomic mass is 10.2. The van der Waals surface area contributed by atoms with E-state index in [0.717, 1.165) is 0 Å². The summed E-state index contributed by atoms with van der Waals surface area (Å²) in [6.07, 6.45) is -0.669. The topological polar surface area (TPSA) is 77.1 Å². The van der Waals surface area contributed by atoms with E-state index in [4.69, 9.17) is 25.8 Å². The van der Waals surface area contributed by atoms with Crippen LogP contribution in [0.1, 0.15) is 6.92 Å². The van der Waals surface area contributed by atoms with Crippen LogP contribution in [-0.4, -0.2) is 38.7 Å². The second-order valence-electron chi connectivity index (χ2n) is 5.89. The van der Waals surface area contributed by atoms with Crippen LogP contribution in [0.5, 0.6) is 17.2 Å². The summed E-state index contributed by atoms with van der Waals surface area (Å²) in [4.78, 5) is 26.5. The number of anilines is 2. The van der Waals surface area contributed by atoms with Crippen LogP contribution in [0.15, 0.2) is 36.4 Å². The van der Waals surface area contributed by atoms with Crippen molar-refractivity contribution in [2.45, 2.75) is 13.0 Å². The number of amides is 2. The van der Waals surface area contributed by atoms with Gasteiger partial charge in [0.05, 0.1) is 30.6 Å². The summed E-state index contributed by atoms with van der Waals surface area (Å²) in [6, 6.07) is 10.2. The number of benzene rings is 2. The highest BCUT2D eigenvalue weighted by Crippen LogP contribution is 2.36. The number of carbonyl (C=O) groups is 2. The largest absolute Gasteiger partial charge is 0.495 e. The van der Waals surface area contributed by atoms with Crippen molar-refractivity contribution in [1.29, 1.82) is 0 Å². The van der Waals surface area contributed by atoms with Crippen LogP contribution in [0.25, 0.3) is 0 Å². The van der Waals surface area contributed by atoms with Gasteiger partial charge in [-0.3, -0.25) is 14.5 Å². The number of ether oxygens (including phenoxy) is 3. The van der Waals surface area contributed by atoms with E-state index in [1.54, 1.807) is 37.3 Å². The molecule has 1 N–H and O–H groups in total. The molecule has 2 aromatic rings. The maximum Gasteiger partial charge on any atom is 0.268 e. The molecule has 0 radical (unpaired) electrons. The molecule has 0 saturated heterocycles. The van der Waals surface area contributed by atoms with Crippen molar-refractivity contribution in [2.75, 3.05) is 31.0 Å². The maximum atomic E-state index is 12.6. The minimum Gasteiger partial charge on any atom is -0.495 e. The van der Waals surface area contributed by atoms with Crippen LogP contribution in [0.2, 0.25) is 5.02 Å². The number of rotatable bonds is 5. The highest BCUT2D eigenvalue weighted by Gasteiger charge is 2.32. The first-order valence-corrected chi connectivity index (χ1v) is 8.60. The molecule has 7 nitrogen and oxygen atoms in total. The Morgan fingerprint density at radius 1 is 1.22 bits per heavy atom. The molecule has 1 heterocycles. The van der Waals surface area contributed by atoms with Gasteiger partial charge in [-0.05, 0) is 19.1 Å². The van der Waals surface area contributed by atoms with E-state index in [2.05, 4.69) is 5.32 Å². The molecule has 27 heavy (non-hydrogen) atoms. The third kappa shape index (κ3) is 3.78. The highest BCUT2D eigenvalue weighted by molar-refractivity contribution is 6.32. The number of nitrogens with one attached hydrogen (secondary N) is 1. The first-order chi connectivity index (χ1) is 12.9. The molecule has 1 aliphatic rings. The minimum atomic E-state index is -0.669. The molecular formula is C19H19ClN2O5. The molecule has 2 aromatic carbocycles. The average Bonchev–Trinajstić information content (AvgIpc) is 2.66.